The van der Waals surface area contributed by atoms with Gasteiger partial charge in [-0.05, 0) is 24.2 Å². The van der Waals surface area contributed by atoms with E-state index in [1.54, 1.807) is 0 Å². The van der Waals surface area contributed by atoms with Crippen molar-refractivity contribution in [1.82, 2.24) is 10.3 Å². The summed E-state index contributed by atoms with van der Waals surface area (Å²) in [7, 11) is 0. The van der Waals surface area contributed by atoms with Crippen LogP contribution in [0.5, 0.6) is 0 Å². The van der Waals surface area contributed by atoms with Crippen molar-refractivity contribution in [1.29, 1.82) is 0 Å². The molecule has 0 aliphatic rings. The summed E-state index contributed by atoms with van der Waals surface area (Å²) >= 11 is 12.3. The molecule has 5 heteroatoms. The molecule has 1 aromatic carbocycles. The van der Waals surface area contributed by atoms with Crippen LogP contribution in [-0.2, 0) is 0 Å². The van der Waals surface area contributed by atoms with Crippen LogP contribution in [-0.4, -0.2) is 11.5 Å². The van der Waals surface area contributed by atoms with Gasteiger partial charge in [-0.3, -0.25) is 0 Å². The maximum Gasteiger partial charge on any atom is 0.128 e. The van der Waals surface area contributed by atoms with E-state index in [0.29, 0.717) is 15.9 Å². The van der Waals surface area contributed by atoms with Gasteiger partial charge >= 0.3 is 0 Å². The van der Waals surface area contributed by atoms with Crippen LogP contribution in [0, 0.1) is 0 Å². The van der Waals surface area contributed by atoms with E-state index in [9.17, 15) is 0 Å². The van der Waals surface area contributed by atoms with Crippen LogP contribution in [0.15, 0.2) is 36.5 Å². The second-order valence-corrected chi connectivity index (χ2v) is 4.98. The lowest BCUT2D eigenvalue weighted by atomic mass is 9.99. The number of hydrogen-bond donors (Lipinski definition) is 2. The summed E-state index contributed by atoms with van der Waals surface area (Å²) in [5, 5.41) is 4.60. The lowest BCUT2D eigenvalue weighted by Gasteiger charge is -2.21. The molecule has 0 saturated carbocycles. The molecule has 0 saturated heterocycles. The number of benzene rings is 1. The van der Waals surface area contributed by atoms with Crippen LogP contribution in [0.2, 0.25) is 10.0 Å². The Morgan fingerprint density at radius 2 is 2.00 bits per heavy atom. The van der Waals surface area contributed by atoms with Crippen molar-refractivity contribution in [2.45, 2.75) is 13.0 Å². The highest BCUT2D eigenvalue weighted by atomic mass is 35.5. The van der Waals surface area contributed by atoms with E-state index in [0.717, 1.165) is 17.7 Å². The number of rotatable bonds is 4. The highest BCUT2D eigenvalue weighted by Crippen LogP contribution is 2.31. The molecule has 100 valence electrons. The molecular formula is C14H15Cl2N3. The fourth-order valence-corrected chi connectivity index (χ4v) is 2.41. The maximum absolute atomic E-state index is 6.26. The first-order chi connectivity index (χ1) is 9.13. The Kier molecular flexibility index (Phi) is 4.64. The van der Waals surface area contributed by atoms with Gasteiger partial charge in [-0.25, -0.2) is 4.98 Å². The van der Waals surface area contributed by atoms with Crippen LogP contribution < -0.4 is 11.1 Å². The smallest absolute Gasteiger partial charge is 0.128 e. The number of nitrogens with two attached hydrogens (primary N) is 1. The molecule has 0 aliphatic heterocycles. The van der Waals surface area contributed by atoms with Gasteiger partial charge in [0.2, 0.25) is 0 Å². The predicted octanol–water partition coefficient (Wildman–Crippen LogP) is 3.67. The number of nitrogens with one attached hydrogen (secondary N) is 1. The molecule has 0 fully saturated rings. The molecule has 1 atom stereocenters. The zero-order chi connectivity index (χ0) is 13.8. The Bertz CT molecular complexity index is 572. The molecule has 1 aromatic heterocycles. The number of hydrogen-bond acceptors (Lipinski definition) is 3. The van der Waals surface area contributed by atoms with E-state index < -0.39 is 0 Å². The van der Waals surface area contributed by atoms with E-state index in [2.05, 4.69) is 10.3 Å². The SMILES string of the molecule is CCNC(c1ccccc1Cl)c1cc(Cl)cnc1N. The fourth-order valence-electron chi connectivity index (χ4n) is 2.00. The summed E-state index contributed by atoms with van der Waals surface area (Å²) in [6, 6.07) is 9.37. The van der Waals surface area contributed by atoms with Crippen molar-refractivity contribution in [3.8, 4) is 0 Å². The third kappa shape index (κ3) is 3.18. The highest BCUT2D eigenvalue weighted by Gasteiger charge is 2.19. The van der Waals surface area contributed by atoms with Crippen molar-refractivity contribution in [3.63, 3.8) is 0 Å². The molecule has 3 N–H and O–H groups in total. The largest absolute Gasteiger partial charge is 0.383 e. The van der Waals surface area contributed by atoms with E-state index in [4.69, 9.17) is 28.9 Å². The third-order valence-corrected chi connectivity index (χ3v) is 3.40. The second kappa shape index (κ2) is 6.24. The molecule has 0 amide bonds. The topological polar surface area (TPSA) is 50.9 Å². The number of pyridine rings is 1. The minimum absolute atomic E-state index is 0.120. The highest BCUT2D eigenvalue weighted by molar-refractivity contribution is 6.31. The summed E-state index contributed by atoms with van der Waals surface area (Å²) in [5.41, 5.74) is 7.75. The molecule has 2 rings (SSSR count). The number of aromatic nitrogens is 1. The van der Waals surface area contributed by atoms with Gasteiger partial charge in [0.15, 0.2) is 0 Å². The molecule has 19 heavy (non-hydrogen) atoms. The van der Waals surface area contributed by atoms with E-state index in [1.807, 2.05) is 37.3 Å². The first kappa shape index (κ1) is 14.1. The van der Waals surface area contributed by atoms with Gasteiger partial charge in [0, 0.05) is 16.8 Å². The van der Waals surface area contributed by atoms with E-state index in [1.165, 1.54) is 6.20 Å². The van der Waals surface area contributed by atoms with Crippen molar-refractivity contribution >= 4 is 29.0 Å². The van der Waals surface area contributed by atoms with Crippen LogP contribution in [0.4, 0.5) is 5.82 Å². The number of halogens is 2. The Labute approximate surface area is 122 Å². The number of anilines is 1. The zero-order valence-electron chi connectivity index (χ0n) is 10.5. The van der Waals surface area contributed by atoms with Crippen LogP contribution in [0.3, 0.4) is 0 Å². The van der Waals surface area contributed by atoms with Gasteiger partial charge in [0.1, 0.15) is 5.82 Å². The van der Waals surface area contributed by atoms with Gasteiger partial charge in [-0.1, -0.05) is 48.3 Å². The fraction of sp³-hybridized carbons (Fsp3) is 0.214. The normalized spacial score (nSPS) is 12.4. The Hall–Kier alpha value is -1.29. The average molecular weight is 296 g/mol. The monoisotopic (exact) mass is 295 g/mol. The zero-order valence-corrected chi connectivity index (χ0v) is 12.0. The van der Waals surface area contributed by atoms with Crippen molar-refractivity contribution in [3.05, 3.63) is 57.7 Å². The van der Waals surface area contributed by atoms with Crippen LogP contribution >= 0.6 is 23.2 Å². The lowest BCUT2D eigenvalue weighted by molar-refractivity contribution is 0.631. The molecule has 0 spiro atoms. The summed E-state index contributed by atoms with van der Waals surface area (Å²) in [6.45, 7) is 2.81. The summed E-state index contributed by atoms with van der Waals surface area (Å²) in [4.78, 5) is 4.10. The molecule has 1 unspecified atom stereocenters. The Morgan fingerprint density at radius 3 is 2.68 bits per heavy atom. The minimum Gasteiger partial charge on any atom is -0.383 e. The van der Waals surface area contributed by atoms with Gasteiger partial charge in [0.25, 0.3) is 0 Å². The number of nitrogen functional groups attached to an aromatic ring is 1. The molecule has 0 aliphatic carbocycles. The standard InChI is InChI=1S/C14H15Cl2N3/c1-2-18-13(10-5-3-4-6-12(10)16)11-7-9(15)8-19-14(11)17/h3-8,13,18H,2H2,1H3,(H2,17,19). The summed E-state index contributed by atoms with van der Waals surface area (Å²) < 4.78 is 0. The van der Waals surface area contributed by atoms with Crippen LogP contribution in [0.25, 0.3) is 0 Å². The Balaban J connectivity index is 2.51. The van der Waals surface area contributed by atoms with E-state index >= 15 is 0 Å². The quantitative estimate of drug-likeness (QED) is 0.905. The first-order valence-corrected chi connectivity index (χ1v) is 6.77. The van der Waals surface area contributed by atoms with Gasteiger partial charge in [0.05, 0.1) is 11.1 Å². The lowest BCUT2D eigenvalue weighted by Crippen LogP contribution is -2.23. The van der Waals surface area contributed by atoms with Crippen LogP contribution in [0.1, 0.15) is 24.1 Å². The van der Waals surface area contributed by atoms with Crippen molar-refractivity contribution in [2.24, 2.45) is 0 Å². The van der Waals surface area contributed by atoms with Gasteiger partial charge in [-0.15, -0.1) is 0 Å². The predicted molar refractivity (Wildman–Crippen MR) is 80.6 cm³/mol. The average Bonchev–Trinajstić information content (AvgIpc) is 2.40. The Morgan fingerprint density at radius 1 is 1.26 bits per heavy atom. The van der Waals surface area contributed by atoms with Crippen molar-refractivity contribution in [2.75, 3.05) is 12.3 Å². The first-order valence-electron chi connectivity index (χ1n) is 6.02. The van der Waals surface area contributed by atoms with Gasteiger partial charge < -0.3 is 11.1 Å². The molecule has 0 bridgehead atoms. The van der Waals surface area contributed by atoms with Gasteiger partial charge in [-0.2, -0.15) is 0 Å². The molecule has 1 heterocycles. The summed E-state index contributed by atoms with van der Waals surface area (Å²) in [5.74, 6) is 0.454. The van der Waals surface area contributed by atoms with E-state index in [-0.39, 0.29) is 6.04 Å². The molecule has 0 radical (unpaired) electrons. The second-order valence-electron chi connectivity index (χ2n) is 4.14. The third-order valence-electron chi connectivity index (χ3n) is 2.85. The van der Waals surface area contributed by atoms with Crippen molar-refractivity contribution < 1.29 is 0 Å². The summed E-state index contributed by atoms with van der Waals surface area (Å²) in [6.07, 6.45) is 1.54. The maximum atomic E-state index is 6.26. The molecule has 2 aromatic rings. The molecule has 3 nitrogen and oxygen atoms in total. The molecular weight excluding hydrogens is 281 g/mol. The number of nitrogens with zero attached hydrogens (tertiary/aromatic N) is 1. The minimum atomic E-state index is -0.120.